The van der Waals surface area contributed by atoms with Crippen molar-refractivity contribution in [2.24, 2.45) is 0 Å². The molecule has 3 heteroatoms. The van der Waals surface area contributed by atoms with Gasteiger partial charge in [-0.2, -0.15) is 0 Å². The summed E-state index contributed by atoms with van der Waals surface area (Å²) < 4.78 is 0.806. The highest BCUT2D eigenvalue weighted by Gasteiger charge is 2.19. The second-order valence-corrected chi connectivity index (χ2v) is 5.01. The zero-order valence-electron chi connectivity index (χ0n) is 11.1. The molecule has 0 atom stereocenters. The van der Waals surface area contributed by atoms with E-state index in [2.05, 4.69) is 14.0 Å². The monoisotopic (exact) mass is 232 g/mol. The molecule has 3 nitrogen and oxygen atoms in total. The molecule has 0 rings (SSSR count). The van der Waals surface area contributed by atoms with Crippen LogP contribution >= 0.6 is 0 Å². The van der Waals surface area contributed by atoms with Gasteiger partial charge in [-0.3, -0.25) is 0 Å². The third kappa shape index (κ3) is 8.08. The van der Waals surface area contributed by atoms with Crippen LogP contribution < -0.4 is 0 Å². The summed E-state index contributed by atoms with van der Waals surface area (Å²) in [5.41, 5.74) is 0. The first kappa shape index (κ1) is 15.9. The van der Waals surface area contributed by atoms with Crippen molar-refractivity contribution in [1.82, 2.24) is 0 Å². The lowest BCUT2D eigenvalue weighted by molar-refractivity contribution is -0.910. The molecule has 0 aliphatic rings. The average molecular weight is 232 g/mol. The van der Waals surface area contributed by atoms with Crippen LogP contribution in [-0.2, 0) is 0 Å². The molecule has 98 valence electrons. The number of hydrogen-bond acceptors (Lipinski definition) is 2. The molecule has 0 amide bonds. The van der Waals surface area contributed by atoms with Crippen LogP contribution in [0.15, 0.2) is 0 Å². The lowest BCUT2D eigenvalue weighted by Crippen LogP contribution is -2.48. The number of hydrogen-bond donors (Lipinski definition) is 2. The Kier molecular flexibility index (Phi) is 9.99. The van der Waals surface area contributed by atoms with Gasteiger partial charge < -0.3 is 14.7 Å². The molecule has 0 saturated heterocycles. The van der Waals surface area contributed by atoms with Gasteiger partial charge in [-0.1, -0.05) is 32.6 Å². The van der Waals surface area contributed by atoms with Crippen LogP contribution in [0.25, 0.3) is 0 Å². The van der Waals surface area contributed by atoms with Gasteiger partial charge in [0.25, 0.3) is 0 Å². The normalized spacial score (nSPS) is 12.0. The summed E-state index contributed by atoms with van der Waals surface area (Å²) in [6.45, 7) is 5.26. The number of rotatable bonds is 11. The third-order valence-electron chi connectivity index (χ3n) is 3.33. The zero-order chi connectivity index (χ0) is 12.3. The van der Waals surface area contributed by atoms with Crippen LogP contribution in [0.5, 0.6) is 0 Å². The van der Waals surface area contributed by atoms with Crippen LogP contribution in [-0.4, -0.2) is 54.6 Å². The molecule has 0 radical (unpaired) electrons. The molecule has 16 heavy (non-hydrogen) atoms. The van der Waals surface area contributed by atoms with Crippen molar-refractivity contribution in [3.63, 3.8) is 0 Å². The van der Waals surface area contributed by atoms with E-state index in [1.54, 1.807) is 0 Å². The number of nitrogens with zero attached hydrogens (tertiary/aromatic N) is 1. The van der Waals surface area contributed by atoms with Crippen molar-refractivity contribution >= 4 is 0 Å². The highest BCUT2D eigenvalue weighted by atomic mass is 16.3. The van der Waals surface area contributed by atoms with Crippen LogP contribution in [0.4, 0.5) is 0 Å². The molecule has 0 aromatic rings. The highest BCUT2D eigenvalue weighted by molar-refractivity contribution is 4.46. The number of aliphatic hydroxyl groups is 2. The molecule has 0 aromatic carbocycles. The topological polar surface area (TPSA) is 40.5 Å². The van der Waals surface area contributed by atoms with E-state index in [9.17, 15) is 0 Å². The van der Waals surface area contributed by atoms with E-state index in [1.165, 1.54) is 38.5 Å². The Hall–Kier alpha value is -0.120. The Morgan fingerprint density at radius 3 is 1.75 bits per heavy atom. The second kappa shape index (κ2) is 10.1. The first-order valence-electron chi connectivity index (χ1n) is 6.74. The van der Waals surface area contributed by atoms with E-state index in [0.29, 0.717) is 0 Å². The molecule has 0 aliphatic heterocycles. The van der Waals surface area contributed by atoms with Crippen molar-refractivity contribution in [2.45, 2.75) is 45.4 Å². The Morgan fingerprint density at radius 2 is 1.25 bits per heavy atom. The molecule has 0 saturated carbocycles. The van der Waals surface area contributed by atoms with E-state index in [1.807, 2.05) is 0 Å². The molecule has 0 aliphatic carbocycles. The van der Waals surface area contributed by atoms with Gasteiger partial charge in [0.15, 0.2) is 0 Å². The Labute approximate surface area is 101 Å². The van der Waals surface area contributed by atoms with Crippen molar-refractivity contribution in [2.75, 3.05) is 39.9 Å². The summed E-state index contributed by atoms with van der Waals surface area (Å²) >= 11 is 0. The van der Waals surface area contributed by atoms with Gasteiger partial charge >= 0.3 is 0 Å². The minimum Gasteiger partial charge on any atom is -0.391 e. The first-order chi connectivity index (χ1) is 7.68. The van der Waals surface area contributed by atoms with E-state index in [0.717, 1.165) is 24.1 Å². The fourth-order valence-electron chi connectivity index (χ4n) is 2.09. The lowest BCUT2D eigenvalue weighted by atomic mass is 10.1. The van der Waals surface area contributed by atoms with Gasteiger partial charge in [0.1, 0.15) is 13.1 Å². The van der Waals surface area contributed by atoms with Crippen LogP contribution in [0, 0.1) is 0 Å². The summed E-state index contributed by atoms with van der Waals surface area (Å²) in [6.07, 6.45) is 7.80. The predicted molar refractivity (Wildman–Crippen MR) is 68.3 cm³/mol. The summed E-state index contributed by atoms with van der Waals surface area (Å²) in [7, 11) is 2.12. The minimum absolute atomic E-state index is 0.215. The summed E-state index contributed by atoms with van der Waals surface area (Å²) in [6, 6.07) is 0. The van der Waals surface area contributed by atoms with E-state index in [4.69, 9.17) is 10.2 Å². The van der Waals surface area contributed by atoms with Crippen LogP contribution in [0.1, 0.15) is 45.4 Å². The SMILES string of the molecule is CCCCCCCC[N+](C)(CCO)CCO. The fraction of sp³-hybridized carbons (Fsp3) is 1.00. The molecule has 2 N–H and O–H groups in total. The predicted octanol–water partition coefficient (Wildman–Crippen LogP) is 1.78. The third-order valence-corrected chi connectivity index (χ3v) is 3.33. The van der Waals surface area contributed by atoms with Crippen molar-refractivity contribution in [3.8, 4) is 0 Å². The summed E-state index contributed by atoms with van der Waals surface area (Å²) in [5.74, 6) is 0. The average Bonchev–Trinajstić information content (AvgIpc) is 2.24. The molecular formula is C13H30NO2+. The van der Waals surface area contributed by atoms with E-state index in [-0.39, 0.29) is 13.2 Å². The quantitative estimate of drug-likeness (QED) is 0.421. The van der Waals surface area contributed by atoms with Gasteiger partial charge in [-0.05, 0) is 12.8 Å². The standard InChI is InChI=1S/C13H30NO2/c1-3-4-5-6-7-8-9-14(2,10-12-15)11-13-16/h15-16H,3-13H2,1-2H3/q+1. The Bertz CT molecular complexity index is 145. The molecule has 0 aromatic heterocycles. The number of aliphatic hydroxyl groups excluding tert-OH is 2. The van der Waals surface area contributed by atoms with Crippen molar-refractivity contribution in [1.29, 1.82) is 0 Å². The van der Waals surface area contributed by atoms with Crippen LogP contribution in [0.3, 0.4) is 0 Å². The van der Waals surface area contributed by atoms with Gasteiger partial charge in [-0.25, -0.2) is 0 Å². The lowest BCUT2D eigenvalue weighted by Gasteiger charge is -2.33. The number of quaternary nitrogens is 1. The molecule has 0 fully saturated rings. The smallest absolute Gasteiger partial charge is 0.102 e. The van der Waals surface area contributed by atoms with E-state index < -0.39 is 0 Å². The maximum Gasteiger partial charge on any atom is 0.102 e. The number of unbranched alkanes of at least 4 members (excludes halogenated alkanes) is 5. The summed E-state index contributed by atoms with van der Waals surface area (Å²) in [4.78, 5) is 0. The van der Waals surface area contributed by atoms with Gasteiger partial charge in [-0.15, -0.1) is 0 Å². The second-order valence-electron chi connectivity index (χ2n) is 5.01. The van der Waals surface area contributed by atoms with E-state index >= 15 is 0 Å². The molecular weight excluding hydrogens is 202 g/mol. The maximum absolute atomic E-state index is 9.00. The van der Waals surface area contributed by atoms with Crippen molar-refractivity contribution in [3.05, 3.63) is 0 Å². The maximum atomic E-state index is 9.00. The first-order valence-corrected chi connectivity index (χ1v) is 6.74. The number of likely N-dealkylation sites (N-methyl/N-ethyl adjacent to an activating group) is 1. The largest absolute Gasteiger partial charge is 0.391 e. The fourth-order valence-corrected chi connectivity index (χ4v) is 2.09. The highest BCUT2D eigenvalue weighted by Crippen LogP contribution is 2.09. The Balaban J connectivity index is 3.59. The zero-order valence-corrected chi connectivity index (χ0v) is 11.1. The van der Waals surface area contributed by atoms with Gasteiger partial charge in [0.05, 0.1) is 26.8 Å². The minimum atomic E-state index is 0.215. The molecule has 0 bridgehead atoms. The molecule has 0 unspecified atom stereocenters. The van der Waals surface area contributed by atoms with Crippen molar-refractivity contribution < 1.29 is 14.7 Å². The Morgan fingerprint density at radius 1 is 0.750 bits per heavy atom. The molecule has 0 spiro atoms. The van der Waals surface area contributed by atoms with Crippen LogP contribution in [0.2, 0.25) is 0 Å². The van der Waals surface area contributed by atoms with Gasteiger partial charge in [0.2, 0.25) is 0 Å². The van der Waals surface area contributed by atoms with Gasteiger partial charge in [0, 0.05) is 0 Å². The molecule has 0 heterocycles. The summed E-state index contributed by atoms with van der Waals surface area (Å²) in [5, 5.41) is 18.0.